The summed E-state index contributed by atoms with van der Waals surface area (Å²) in [5.41, 5.74) is 1.25. The monoisotopic (exact) mass is 266 g/mol. The first-order valence-electron chi connectivity index (χ1n) is 7.57. The second kappa shape index (κ2) is 8.39. The first-order chi connectivity index (χ1) is 9.06. The number of hydrogen-bond acceptors (Lipinski definition) is 3. The number of nitrogens with one attached hydrogen (secondary N) is 1. The summed E-state index contributed by atoms with van der Waals surface area (Å²) < 4.78 is 5.67. The molecule has 0 spiro atoms. The lowest BCUT2D eigenvalue weighted by Crippen LogP contribution is -2.31. The van der Waals surface area contributed by atoms with Gasteiger partial charge in [-0.3, -0.25) is 4.90 Å². The van der Waals surface area contributed by atoms with E-state index in [0.717, 1.165) is 31.9 Å². The van der Waals surface area contributed by atoms with Crippen LogP contribution in [-0.4, -0.2) is 24.0 Å². The van der Waals surface area contributed by atoms with Gasteiger partial charge in [0.1, 0.15) is 5.76 Å². The number of nitrogens with zero attached hydrogens (tertiary/aromatic N) is 1. The molecule has 0 fully saturated rings. The first-order valence-corrected chi connectivity index (χ1v) is 7.57. The van der Waals surface area contributed by atoms with Crippen molar-refractivity contribution in [3.63, 3.8) is 0 Å². The molecule has 0 saturated carbocycles. The Labute approximate surface area is 118 Å². The predicted molar refractivity (Wildman–Crippen MR) is 81.1 cm³/mol. The van der Waals surface area contributed by atoms with Crippen LogP contribution in [0, 0.1) is 5.92 Å². The zero-order chi connectivity index (χ0) is 14.3. The van der Waals surface area contributed by atoms with E-state index in [1.807, 2.05) is 6.26 Å². The van der Waals surface area contributed by atoms with Crippen LogP contribution < -0.4 is 5.32 Å². The molecular formula is C16H30N2O. The molecule has 0 aliphatic heterocycles. The van der Waals surface area contributed by atoms with Gasteiger partial charge in [0.2, 0.25) is 0 Å². The third-order valence-corrected chi connectivity index (χ3v) is 3.57. The quantitative estimate of drug-likeness (QED) is 0.739. The van der Waals surface area contributed by atoms with Crippen LogP contribution >= 0.6 is 0 Å². The van der Waals surface area contributed by atoms with E-state index in [0.29, 0.717) is 12.0 Å². The van der Waals surface area contributed by atoms with Crippen molar-refractivity contribution in [1.82, 2.24) is 10.2 Å². The van der Waals surface area contributed by atoms with Crippen molar-refractivity contribution in [1.29, 1.82) is 0 Å². The maximum atomic E-state index is 5.67. The van der Waals surface area contributed by atoms with Crippen molar-refractivity contribution in [3.05, 3.63) is 23.7 Å². The van der Waals surface area contributed by atoms with Crippen LogP contribution in [0.4, 0.5) is 0 Å². The lowest BCUT2D eigenvalue weighted by atomic mass is 10.2. The Bertz CT molecular complexity index is 346. The fourth-order valence-electron chi connectivity index (χ4n) is 2.14. The summed E-state index contributed by atoms with van der Waals surface area (Å²) in [6.07, 6.45) is 3.06. The van der Waals surface area contributed by atoms with Gasteiger partial charge in [-0.05, 0) is 38.4 Å². The third-order valence-electron chi connectivity index (χ3n) is 3.57. The van der Waals surface area contributed by atoms with E-state index in [1.165, 1.54) is 12.0 Å². The summed E-state index contributed by atoms with van der Waals surface area (Å²) in [6.45, 7) is 15.1. The minimum absolute atomic E-state index is 0.609. The van der Waals surface area contributed by atoms with Crippen LogP contribution in [0.15, 0.2) is 16.7 Å². The van der Waals surface area contributed by atoms with Crippen molar-refractivity contribution in [2.45, 2.75) is 60.2 Å². The number of rotatable bonds is 9. The zero-order valence-corrected chi connectivity index (χ0v) is 13.2. The molecule has 110 valence electrons. The Morgan fingerprint density at radius 2 is 2.00 bits per heavy atom. The molecule has 1 N–H and O–H groups in total. The number of furan rings is 1. The molecule has 19 heavy (non-hydrogen) atoms. The largest absolute Gasteiger partial charge is 0.468 e. The van der Waals surface area contributed by atoms with Crippen LogP contribution in [0.5, 0.6) is 0 Å². The van der Waals surface area contributed by atoms with E-state index in [-0.39, 0.29) is 0 Å². The molecule has 1 unspecified atom stereocenters. The molecule has 0 aromatic carbocycles. The third kappa shape index (κ3) is 5.79. The molecule has 0 radical (unpaired) electrons. The van der Waals surface area contributed by atoms with Crippen molar-refractivity contribution in [2.75, 3.05) is 13.1 Å². The molecule has 0 aliphatic carbocycles. The van der Waals surface area contributed by atoms with Gasteiger partial charge in [0.05, 0.1) is 12.8 Å². The fourth-order valence-corrected chi connectivity index (χ4v) is 2.14. The van der Waals surface area contributed by atoms with Gasteiger partial charge >= 0.3 is 0 Å². The van der Waals surface area contributed by atoms with Gasteiger partial charge in [0, 0.05) is 18.2 Å². The molecule has 1 atom stereocenters. The van der Waals surface area contributed by atoms with Gasteiger partial charge in [-0.2, -0.15) is 0 Å². The van der Waals surface area contributed by atoms with E-state index in [1.54, 1.807) is 0 Å². The maximum Gasteiger partial charge on any atom is 0.118 e. The normalized spacial score (nSPS) is 13.4. The average molecular weight is 266 g/mol. The van der Waals surface area contributed by atoms with Gasteiger partial charge < -0.3 is 9.73 Å². The Morgan fingerprint density at radius 1 is 1.26 bits per heavy atom. The Balaban J connectivity index is 2.45. The highest BCUT2D eigenvalue weighted by Gasteiger charge is 2.12. The lowest BCUT2D eigenvalue weighted by Gasteiger charge is -2.25. The van der Waals surface area contributed by atoms with E-state index in [4.69, 9.17) is 4.42 Å². The molecule has 0 bridgehead atoms. The van der Waals surface area contributed by atoms with Gasteiger partial charge in [-0.15, -0.1) is 0 Å². The van der Waals surface area contributed by atoms with E-state index in [2.05, 4.69) is 50.9 Å². The minimum atomic E-state index is 0.609. The maximum absolute atomic E-state index is 5.67. The summed E-state index contributed by atoms with van der Waals surface area (Å²) in [5.74, 6) is 1.76. The summed E-state index contributed by atoms with van der Waals surface area (Å²) in [7, 11) is 0. The molecule has 3 heteroatoms. The zero-order valence-electron chi connectivity index (χ0n) is 13.2. The van der Waals surface area contributed by atoms with Crippen LogP contribution in [0.3, 0.4) is 0 Å². The molecule has 3 nitrogen and oxygen atoms in total. The number of hydrogen-bond donors (Lipinski definition) is 1. The summed E-state index contributed by atoms with van der Waals surface area (Å²) in [6, 6.07) is 2.79. The minimum Gasteiger partial charge on any atom is -0.468 e. The molecule has 1 rings (SSSR count). The van der Waals surface area contributed by atoms with Crippen LogP contribution in [0.1, 0.15) is 52.4 Å². The smallest absolute Gasteiger partial charge is 0.118 e. The highest BCUT2D eigenvalue weighted by molar-refractivity contribution is 5.12. The Kier molecular flexibility index (Phi) is 7.17. The molecule has 0 amide bonds. The van der Waals surface area contributed by atoms with E-state index >= 15 is 0 Å². The average Bonchev–Trinajstić information content (AvgIpc) is 2.82. The first kappa shape index (κ1) is 16.3. The molecular weight excluding hydrogens is 236 g/mol. The second-order valence-corrected chi connectivity index (χ2v) is 5.77. The topological polar surface area (TPSA) is 28.4 Å². The highest BCUT2D eigenvalue weighted by Crippen LogP contribution is 2.13. The van der Waals surface area contributed by atoms with E-state index in [9.17, 15) is 0 Å². The lowest BCUT2D eigenvalue weighted by molar-refractivity contribution is 0.190. The molecule has 1 aromatic rings. The van der Waals surface area contributed by atoms with Gasteiger partial charge in [-0.1, -0.05) is 27.7 Å². The SMILES string of the molecule is CCC(C)N(CC)Cc1cc(CNCC(C)C)co1. The Hall–Kier alpha value is -0.800. The molecule has 1 heterocycles. The van der Waals surface area contributed by atoms with Gasteiger partial charge in [0.25, 0.3) is 0 Å². The standard InChI is InChI=1S/C16H30N2O/c1-6-14(5)18(7-2)11-16-8-15(12-19-16)10-17-9-13(3)4/h8,12-14,17H,6-7,9-11H2,1-5H3. The summed E-state index contributed by atoms with van der Waals surface area (Å²) in [4.78, 5) is 2.45. The van der Waals surface area contributed by atoms with Crippen LogP contribution in [0.2, 0.25) is 0 Å². The Morgan fingerprint density at radius 3 is 2.58 bits per heavy atom. The van der Waals surface area contributed by atoms with Crippen molar-refractivity contribution in [2.24, 2.45) is 5.92 Å². The van der Waals surface area contributed by atoms with Crippen LogP contribution in [-0.2, 0) is 13.1 Å². The van der Waals surface area contributed by atoms with Crippen LogP contribution in [0.25, 0.3) is 0 Å². The van der Waals surface area contributed by atoms with Crippen molar-refractivity contribution in [3.8, 4) is 0 Å². The second-order valence-electron chi connectivity index (χ2n) is 5.77. The summed E-state index contributed by atoms with van der Waals surface area (Å²) >= 11 is 0. The fraction of sp³-hybridized carbons (Fsp3) is 0.750. The van der Waals surface area contributed by atoms with Crippen molar-refractivity contribution >= 4 is 0 Å². The van der Waals surface area contributed by atoms with Gasteiger partial charge in [0.15, 0.2) is 0 Å². The van der Waals surface area contributed by atoms with Crippen molar-refractivity contribution < 1.29 is 4.42 Å². The predicted octanol–water partition coefficient (Wildman–Crippen LogP) is 3.65. The highest BCUT2D eigenvalue weighted by atomic mass is 16.3. The molecule has 0 aliphatic rings. The molecule has 1 aromatic heterocycles. The van der Waals surface area contributed by atoms with E-state index < -0.39 is 0 Å². The van der Waals surface area contributed by atoms with Gasteiger partial charge in [-0.25, -0.2) is 0 Å². The molecule has 0 saturated heterocycles. The summed E-state index contributed by atoms with van der Waals surface area (Å²) in [5, 5.41) is 3.44.